The molecule has 0 aliphatic rings. The summed E-state index contributed by atoms with van der Waals surface area (Å²) in [5.74, 6) is 0.306. The number of para-hydroxylation sites is 1. The number of nitrogens with one attached hydrogen (secondary N) is 1. The Hall–Kier alpha value is -2.89. The van der Waals surface area contributed by atoms with Crippen LogP contribution in [0.2, 0.25) is 0 Å². The fourth-order valence-corrected chi connectivity index (χ4v) is 2.01. The van der Waals surface area contributed by atoms with Crippen LogP contribution in [-0.4, -0.2) is 15.7 Å². The first-order valence-electron chi connectivity index (χ1n) is 6.43. The summed E-state index contributed by atoms with van der Waals surface area (Å²) < 4.78 is 6.73. The summed E-state index contributed by atoms with van der Waals surface area (Å²) in [6, 6.07) is 12.2. The first-order valence-corrected chi connectivity index (χ1v) is 6.43. The number of aromatic nitrogens is 2. The molecule has 21 heavy (non-hydrogen) atoms. The third kappa shape index (κ3) is 2.69. The molecule has 1 amide bonds. The van der Waals surface area contributed by atoms with Crippen LogP contribution in [0.25, 0.3) is 11.0 Å². The van der Waals surface area contributed by atoms with Gasteiger partial charge in [0, 0.05) is 18.5 Å². The molecule has 3 rings (SSSR count). The molecule has 0 atom stereocenters. The van der Waals surface area contributed by atoms with Crippen LogP contribution >= 0.6 is 0 Å². The van der Waals surface area contributed by atoms with Crippen molar-refractivity contribution in [1.82, 2.24) is 15.1 Å². The van der Waals surface area contributed by atoms with Gasteiger partial charge in [-0.15, -0.1) is 0 Å². The van der Waals surface area contributed by atoms with Gasteiger partial charge >= 0.3 is 0 Å². The standard InChI is InChI=1S/C15H13N3O3/c1-18-14(19)7-6-12(17-18)15(20)16-9-11-8-10-4-2-3-5-13(10)21-11/h2-8H,9H2,1H3,(H,16,20). The van der Waals surface area contributed by atoms with Crippen molar-refractivity contribution in [1.29, 1.82) is 0 Å². The van der Waals surface area contributed by atoms with E-state index in [0.717, 1.165) is 15.7 Å². The maximum Gasteiger partial charge on any atom is 0.272 e. The molecule has 0 saturated heterocycles. The number of aryl methyl sites for hydroxylation is 1. The Morgan fingerprint density at radius 3 is 2.86 bits per heavy atom. The molecular formula is C15H13N3O3. The van der Waals surface area contributed by atoms with Crippen LogP contribution in [0, 0.1) is 0 Å². The largest absolute Gasteiger partial charge is 0.459 e. The monoisotopic (exact) mass is 283 g/mol. The second-order valence-electron chi connectivity index (χ2n) is 4.61. The van der Waals surface area contributed by atoms with Crippen molar-refractivity contribution in [2.45, 2.75) is 6.54 Å². The van der Waals surface area contributed by atoms with Crippen LogP contribution in [0.5, 0.6) is 0 Å². The molecule has 1 N–H and O–H groups in total. The van der Waals surface area contributed by atoms with E-state index in [1.54, 1.807) is 0 Å². The predicted octanol–water partition coefficient (Wildman–Crippen LogP) is 1.46. The minimum Gasteiger partial charge on any atom is -0.459 e. The van der Waals surface area contributed by atoms with Crippen LogP contribution in [0.3, 0.4) is 0 Å². The average molecular weight is 283 g/mol. The normalized spacial score (nSPS) is 10.7. The van der Waals surface area contributed by atoms with Gasteiger partial charge in [-0.05, 0) is 18.2 Å². The summed E-state index contributed by atoms with van der Waals surface area (Å²) in [4.78, 5) is 23.2. The van der Waals surface area contributed by atoms with E-state index in [1.807, 2.05) is 30.3 Å². The third-order valence-corrected chi connectivity index (χ3v) is 3.09. The summed E-state index contributed by atoms with van der Waals surface area (Å²) in [6.07, 6.45) is 0. The van der Waals surface area contributed by atoms with Crippen molar-refractivity contribution in [3.8, 4) is 0 Å². The Kier molecular flexibility index (Phi) is 3.27. The minimum atomic E-state index is -0.356. The van der Waals surface area contributed by atoms with E-state index in [9.17, 15) is 9.59 Å². The van der Waals surface area contributed by atoms with Gasteiger partial charge in [-0.3, -0.25) is 9.59 Å². The van der Waals surface area contributed by atoms with E-state index in [1.165, 1.54) is 19.2 Å². The number of benzene rings is 1. The van der Waals surface area contributed by atoms with Crippen molar-refractivity contribution in [3.63, 3.8) is 0 Å². The molecule has 0 radical (unpaired) electrons. The zero-order valence-electron chi connectivity index (χ0n) is 11.4. The van der Waals surface area contributed by atoms with Gasteiger partial charge in [0.25, 0.3) is 11.5 Å². The van der Waals surface area contributed by atoms with Gasteiger partial charge in [0.05, 0.1) is 6.54 Å². The first kappa shape index (κ1) is 13.1. The summed E-state index contributed by atoms with van der Waals surface area (Å²) in [5.41, 5.74) is 0.707. The highest BCUT2D eigenvalue weighted by Gasteiger charge is 2.10. The number of amides is 1. The van der Waals surface area contributed by atoms with Gasteiger partial charge < -0.3 is 9.73 Å². The molecule has 6 nitrogen and oxygen atoms in total. The molecule has 0 bridgehead atoms. The summed E-state index contributed by atoms with van der Waals surface area (Å²) in [5, 5.41) is 7.59. The minimum absolute atomic E-state index is 0.188. The van der Waals surface area contributed by atoms with Crippen LogP contribution < -0.4 is 10.9 Å². The fourth-order valence-electron chi connectivity index (χ4n) is 2.01. The van der Waals surface area contributed by atoms with E-state index in [0.29, 0.717) is 5.76 Å². The number of nitrogens with zero attached hydrogens (tertiary/aromatic N) is 2. The van der Waals surface area contributed by atoms with E-state index in [-0.39, 0.29) is 23.7 Å². The molecule has 2 aromatic heterocycles. The molecule has 6 heteroatoms. The van der Waals surface area contributed by atoms with Gasteiger partial charge in [0.1, 0.15) is 17.0 Å². The number of hydrogen-bond acceptors (Lipinski definition) is 4. The zero-order chi connectivity index (χ0) is 14.8. The van der Waals surface area contributed by atoms with Gasteiger partial charge in [0.2, 0.25) is 0 Å². The van der Waals surface area contributed by atoms with Crippen molar-refractivity contribution in [2.24, 2.45) is 7.05 Å². The van der Waals surface area contributed by atoms with Crippen molar-refractivity contribution >= 4 is 16.9 Å². The second-order valence-corrected chi connectivity index (χ2v) is 4.61. The second kappa shape index (κ2) is 5.24. The van der Waals surface area contributed by atoms with E-state index >= 15 is 0 Å². The lowest BCUT2D eigenvalue weighted by Gasteiger charge is -2.03. The van der Waals surface area contributed by atoms with Gasteiger partial charge in [-0.25, -0.2) is 4.68 Å². The van der Waals surface area contributed by atoms with Crippen LogP contribution in [0.15, 0.2) is 51.7 Å². The van der Waals surface area contributed by atoms with E-state index in [4.69, 9.17) is 4.42 Å². The van der Waals surface area contributed by atoms with Gasteiger partial charge in [-0.2, -0.15) is 5.10 Å². The number of rotatable bonds is 3. The Balaban J connectivity index is 1.73. The lowest BCUT2D eigenvalue weighted by atomic mass is 10.2. The molecule has 0 fully saturated rings. The summed E-state index contributed by atoms with van der Waals surface area (Å²) in [6.45, 7) is 0.262. The topological polar surface area (TPSA) is 77.1 Å². The predicted molar refractivity (Wildman–Crippen MR) is 76.9 cm³/mol. The van der Waals surface area contributed by atoms with E-state index < -0.39 is 0 Å². The summed E-state index contributed by atoms with van der Waals surface area (Å²) >= 11 is 0. The Labute approximate surface area is 120 Å². The Morgan fingerprint density at radius 2 is 2.10 bits per heavy atom. The van der Waals surface area contributed by atoms with Gasteiger partial charge in [0.15, 0.2) is 0 Å². The Morgan fingerprint density at radius 1 is 1.29 bits per heavy atom. The highest BCUT2D eigenvalue weighted by atomic mass is 16.3. The van der Waals surface area contributed by atoms with Crippen LogP contribution in [0.4, 0.5) is 0 Å². The molecule has 0 saturated carbocycles. The van der Waals surface area contributed by atoms with E-state index in [2.05, 4.69) is 10.4 Å². The molecular weight excluding hydrogens is 270 g/mol. The molecule has 1 aromatic carbocycles. The number of carbonyl (C=O) groups is 1. The number of carbonyl (C=O) groups excluding carboxylic acids is 1. The fraction of sp³-hybridized carbons (Fsp3) is 0.133. The molecule has 0 aliphatic carbocycles. The molecule has 106 valence electrons. The van der Waals surface area contributed by atoms with Crippen molar-refractivity contribution in [3.05, 3.63) is 64.3 Å². The smallest absolute Gasteiger partial charge is 0.272 e. The number of furan rings is 1. The highest BCUT2D eigenvalue weighted by molar-refractivity contribution is 5.92. The molecule has 0 spiro atoms. The molecule has 3 aromatic rings. The first-order chi connectivity index (χ1) is 10.1. The summed E-state index contributed by atoms with van der Waals surface area (Å²) in [7, 11) is 1.50. The zero-order valence-corrected chi connectivity index (χ0v) is 11.4. The average Bonchev–Trinajstić information content (AvgIpc) is 2.90. The molecule has 0 unspecified atom stereocenters. The van der Waals surface area contributed by atoms with Crippen molar-refractivity contribution in [2.75, 3.05) is 0 Å². The SMILES string of the molecule is Cn1nc(C(=O)NCc2cc3ccccc3o2)ccc1=O. The number of fused-ring (bicyclic) bond motifs is 1. The maximum atomic E-state index is 12.0. The third-order valence-electron chi connectivity index (χ3n) is 3.09. The molecule has 2 heterocycles. The van der Waals surface area contributed by atoms with Gasteiger partial charge in [-0.1, -0.05) is 18.2 Å². The number of hydrogen-bond donors (Lipinski definition) is 1. The Bertz CT molecular complexity index is 831. The quantitative estimate of drug-likeness (QED) is 0.789. The highest BCUT2D eigenvalue weighted by Crippen LogP contribution is 2.18. The lowest BCUT2D eigenvalue weighted by Crippen LogP contribution is -2.27. The maximum absolute atomic E-state index is 12.0. The van der Waals surface area contributed by atoms with Crippen LogP contribution in [-0.2, 0) is 13.6 Å². The van der Waals surface area contributed by atoms with Crippen LogP contribution in [0.1, 0.15) is 16.2 Å². The molecule has 0 aliphatic heterocycles. The van der Waals surface area contributed by atoms with Crippen molar-refractivity contribution < 1.29 is 9.21 Å². The lowest BCUT2D eigenvalue weighted by molar-refractivity contribution is 0.0941.